The molecule has 2 atom stereocenters. The average molecular weight is 280 g/mol. The molecule has 0 radical (unpaired) electrons. The van der Waals surface area contributed by atoms with Crippen molar-refractivity contribution < 1.29 is 0 Å². The molecular formula is C14H24N4O2. The van der Waals surface area contributed by atoms with Gasteiger partial charge in [0, 0.05) is 45.0 Å². The van der Waals surface area contributed by atoms with Crippen molar-refractivity contribution >= 4 is 0 Å². The predicted molar refractivity (Wildman–Crippen MR) is 78.6 cm³/mol. The highest BCUT2D eigenvalue weighted by molar-refractivity contribution is 5.03. The number of aromatic nitrogens is 2. The first-order chi connectivity index (χ1) is 9.43. The second-order valence-corrected chi connectivity index (χ2v) is 5.83. The molecule has 2 rings (SSSR count). The van der Waals surface area contributed by atoms with E-state index in [9.17, 15) is 9.59 Å². The van der Waals surface area contributed by atoms with Crippen LogP contribution in [0.2, 0.25) is 0 Å². The number of nitrogens with two attached hydrogens (primary N) is 1. The maximum atomic E-state index is 11.9. The smallest absolute Gasteiger partial charge is 0.330 e. The zero-order valence-electron chi connectivity index (χ0n) is 12.5. The Hall–Kier alpha value is -1.40. The van der Waals surface area contributed by atoms with E-state index in [1.165, 1.54) is 7.05 Å². The van der Waals surface area contributed by atoms with Crippen molar-refractivity contribution in [2.75, 3.05) is 13.1 Å². The molecule has 0 bridgehead atoms. The van der Waals surface area contributed by atoms with E-state index in [2.05, 4.69) is 11.8 Å². The first-order valence-electron chi connectivity index (χ1n) is 7.14. The quantitative estimate of drug-likeness (QED) is 0.821. The molecule has 20 heavy (non-hydrogen) atoms. The molecule has 1 aliphatic rings. The van der Waals surface area contributed by atoms with Gasteiger partial charge in [-0.1, -0.05) is 0 Å². The van der Waals surface area contributed by atoms with Crippen molar-refractivity contribution in [3.8, 4) is 0 Å². The molecule has 2 heterocycles. The van der Waals surface area contributed by atoms with E-state index in [1.54, 1.807) is 17.7 Å². The van der Waals surface area contributed by atoms with Gasteiger partial charge in [0.2, 0.25) is 0 Å². The average Bonchev–Trinajstić information content (AvgIpc) is 2.44. The van der Waals surface area contributed by atoms with Crippen LogP contribution in [-0.2, 0) is 20.6 Å². The molecule has 6 heteroatoms. The molecule has 0 saturated carbocycles. The lowest BCUT2D eigenvalue weighted by molar-refractivity contribution is 0.110. The molecule has 0 spiro atoms. The number of hydrogen-bond acceptors (Lipinski definition) is 4. The van der Waals surface area contributed by atoms with Gasteiger partial charge in [0.05, 0.1) is 0 Å². The summed E-state index contributed by atoms with van der Waals surface area (Å²) in [6.07, 6.45) is 2.27. The third kappa shape index (κ3) is 2.86. The second-order valence-electron chi connectivity index (χ2n) is 5.83. The summed E-state index contributed by atoms with van der Waals surface area (Å²) in [6.45, 7) is 4.44. The standard InChI is InChI=1S/C14H24N4O2/c1-10-4-5-11(7-15)8-18(10)9-12-6-13(19)17(3)14(20)16(12)2/h6,10-11H,4-5,7-9,15H2,1-3H3. The van der Waals surface area contributed by atoms with Crippen molar-refractivity contribution in [3.63, 3.8) is 0 Å². The molecule has 1 saturated heterocycles. The highest BCUT2D eigenvalue weighted by Crippen LogP contribution is 2.22. The van der Waals surface area contributed by atoms with E-state index in [4.69, 9.17) is 5.73 Å². The lowest BCUT2D eigenvalue weighted by Gasteiger charge is -2.37. The first kappa shape index (κ1) is 15.0. The van der Waals surface area contributed by atoms with Crippen LogP contribution < -0.4 is 17.0 Å². The van der Waals surface area contributed by atoms with Crippen LogP contribution in [0.4, 0.5) is 0 Å². The fourth-order valence-corrected chi connectivity index (χ4v) is 2.81. The van der Waals surface area contributed by atoms with E-state index in [1.807, 2.05) is 0 Å². The molecule has 2 N–H and O–H groups in total. The van der Waals surface area contributed by atoms with Crippen LogP contribution >= 0.6 is 0 Å². The highest BCUT2D eigenvalue weighted by Gasteiger charge is 2.25. The Kier molecular flexibility index (Phi) is 4.45. The number of hydrogen-bond donors (Lipinski definition) is 1. The molecule has 0 aromatic carbocycles. The molecule has 0 amide bonds. The Morgan fingerprint density at radius 1 is 1.25 bits per heavy atom. The Morgan fingerprint density at radius 3 is 2.60 bits per heavy atom. The number of likely N-dealkylation sites (tertiary alicyclic amines) is 1. The summed E-state index contributed by atoms with van der Waals surface area (Å²) in [7, 11) is 3.22. The minimum Gasteiger partial charge on any atom is -0.330 e. The third-order valence-corrected chi connectivity index (χ3v) is 4.43. The van der Waals surface area contributed by atoms with Crippen molar-refractivity contribution in [2.24, 2.45) is 25.7 Å². The second kappa shape index (κ2) is 5.93. The van der Waals surface area contributed by atoms with Gasteiger partial charge in [-0.2, -0.15) is 0 Å². The summed E-state index contributed by atoms with van der Waals surface area (Å²) < 4.78 is 2.69. The van der Waals surface area contributed by atoms with E-state index in [-0.39, 0.29) is 11.2 Å². The van der Waals surface area contributed by atoms with Crippen molar-refractivity contribution in [2.45, 2.75) is 32.4 Å². The summed E-state index contributed by atoms with van der Waals surface area (Å²) in [5.41, 5.74) is 6.02. The molecule has 1 aliphatic heterocycles. The van der Waals surface area contributed by atoms with Gasteiger partial charge in [0.25, 0.3) is 5.56 Å². The summed E-state index contributed by atoms with van der Waals surface area (Å²) in [5, 5.41) is 0. The van der Waals surface area contributed by atoms with Crippen LogP contribution in [-0.4, -0.2) is 33.2 Å². The van der Waals surface area contributed by atoms with Crippen LogP contribution in [0.5, 0.6) is 0 Å². The van der Waals surface area contributed by atoms with Crippen LogP contribution in [0.15, 0.2) is 15.7 Å². The minimum atomic E-state index is -0.271. The predicted octanol–water partition coefficient (Wildman–Crippen LogP) is -0.357. The summed E-state index contributed by atoms with van der Waals surface area (Å²) in [6, 6.07) is 2.01. The minimum absolute atomic E-state index is 0.247. The molecule has 1 aromatic rings. The number of rotatable bonds is 3. The van der Waals surface area contributed by atoms with Crippen LogP contribution in [0.25, 0.3) is 0 Å². The van der Waals surface area contributed by atoms with Crippen molar-refractivity contribution in [3.05, 3.63) is 32.6 Å². The van der Waals surface area contributed by atoms with Gasteiger partial charge in [-0.05, 0) is 32.2 Å². The summed E-state index contributed by atoms with van der Waals surface area (Å²) in [4.78, 5) is 26.0. The topological polar surface area (TPSA) is 73.3 Å². The molecule has 1 aromatic heterocycles. The normalized spacial score (nSPS) is 24.0. The van der Waals surface area contributed by atoms with Gasteiger partial charge in [-0.3, -0.25) is 18.8 Å². The van der Waals surface area contributed by atoms with Gasteiger partial charge >= 0.3 is 5.69 Å². The monoisotopic (exact) mass is 280 g/mol. The molecule has 1 fully saturated rings. The fraction of sp³-hybridized carbons (Fsp3) is 0.714. The molecule has 2 unspecified atom stereocenters. The van der Waals surface area contributed by atoms with Gasteiger partial charge in [-0.15, -0.1) is 0 Å². The maximum Gasteiger partial charge on any atom is 0.330 e. The van der Waals surface area contributed by atoms with E-state index < -0.39 is 0 Å². The Balaban J connectivity index is 2.25. The molecule has 0 aliphatic carbocycles. The molecular weight excluding hydrogens is 256 g/mol. The summed E-state index contributed by atoms with van der Waals surface area (Å²) >= 11 is 0. The Morgan fingerprint density at radius 2 is 1.95 bits per heavy atom. The molecule has 6 nitrogen and oxygen atoms in total. The third-order valence-electron chi connectivity index (χ3n) is 4.43. The molecule has 112 valence electrons. The van der Waals surface area contributed by atoms with Gasteiger partial charge < -0.3 is 5.73 Å². The van der Waals surface area contributed by atoms with E-state index in [0.29, 0.717) is 25.0 Å². The lowest BCUT2D eigenvalue weighted by atomic mass is 9.93. The lowest BCUT2D eigenvalue weighted by Crippen LogP contribution is -2.45. The van der Waals surface area contributed by atoms with E-state index >= 15 is 0 Å². The van der Waals surface area contributed by atoms with Crippen molar-refractivity contribution in [1.29, 1.82) is 0 Å². The van der Waals surface area contributed by atoms with Crippen molar-refractivity contribution in [1.82, 2.24) is 14.0 Å². The van der Waals surface area contributed by atoms with Crippen LogP contribution in [0.3, 0.4) is 0 Å². The Bertz CT molecular complexity index is 590. The van der Waals surface area contributed by atoms with Crippen LogP contribution in [0, 0.1) is 5.92 Å². The number of nitrogens with zero attached hydrogens (tertiary/aromatic N) is 3. The van der Waals surface area contributed by atoms with E-state index in [0.717, 1.165) is 29.6 Å². The van der Waals surface area contributed by atoms with Crippen LogP contribution in [0.1, 0.15) is 25.5 Å². The zero-order chi connectivity index (χ0) is 14.9. The first-order valence-corrected chi connectivity index (χ1v) is 7.14. The maximum absolute atomic E-state index is 11.9. The SMILES string of the molecule is CC1CCC(CN)CN1Cc1cc(=O)n(C)c(=O)n1C. The zero-order valence-corrected chi connectivity index (χ0v) is 12.5. The fourth-order valence-electron chi connectivity index (χ4n) is 2.81. The Labute approximate surface area is 118 Å². The van der Waals surface area contributed by atoms with Gasteiger partial charge in [0.1, 0.15) is 0 Å². The largest absolute Gasteiger partial charge is 0.330 e. The summed E-state index contributed by atoms with van der Waals surface area (Å²) in [5.74, 6) is 0.509. The highest BCUT2D eigenvalue weighted by atomic mass is 16.2. The number of piperidine rings is 1. The van der Waals surface area contributed by atoms with Gasteiger partial charge in [0.15, 0.2) is 0 Å². The van der Waals surface area contributed by atoms with Gasteiger partial charge in [-0.25, -0.2) is 4.79 Å².